The van der Waals surface area contributed by atoms with Crippen LogP contribution in [0.5, 0.6) is 5.75 Å². The van der Waals surface area contributed by atoms with Crippen LogP contribution >= 0.6 is 23.2 Å². The highest BCUT2D eigenvalue weighted by Gasteiger charge is 2.37. The van der Waals surface area contributed by atoms with Crippen molar-refractivity contribution < 1.29 is 19.1 Å². The first kappa shape index (κ1) is 33.8. The largest absolute Gasteiger partial charge is 0.494 e. The molecule has 0 bridgehead atoms. The minimum atomic E-state index is -0.422. The van der Waals surface area contributed by atoms with E-state index in [4.69, 9.17) is 32.7 Å². The van der Waals surface area contributed by atoms with Gasteiger partial charge in [0.15, 0.2) is 0 Å². The third-order valence-corrected chi connectivity index (χ3v) is 10.8. The highest BCUT2D eigenvalue weighted by Crippen LogP contribution is 2.45. The number of ether oxygens (including phenoxy) is 2. The fraction of sp³-hybridized carbons (Fsp3) is 0.308. The van der Waals surface area contributed by atoms with Crippen molar-refractivity contribution in [2.45, 2.75) is 53.5 Å². The zero-order valence-corrected chi connectivity index (χ0v) is 30.7. The summed E-state index contributed by atoms with van der Waals surface area (Å²) >= 11 is 13.4. The molecule has 1 aliphatic rings. The lowest BCUT2D eigenvalue weighted by atomic mass is 9.98. The molecular weight excluding hydrogens is 673 g/mol. The van der Waals surface area contributed by atoms with E-state index in [2.05, 4.69) is 21.7 Å². The van der Waals surface area contributed by atoms with Gasteiger partial charge < -0.3 is 23.5 Å². The molecule has 11 heteroatoms. The maximum absolute atomic E-state index is 15.0. The third-order valence-electron chi connectivity index (χ3n) is 9.86. The number of para-hydroxylation sites is 1. The number of fused-ring (bicyclic) bond motifs is 4. The molecule has 6 aromatic rings. The normalized spacial score (nSPS) is 14.5. The second-order valence-electron chi connectivity index (χ2n) is 13.2. The predicted molar refractivity (Wildman–Crippen MR) is 199 cm³/mol. The fourth-order valence-corrected chi connectivity index (χ4v) is 8.01. The summed E-state index contributed by atoms with van der Waals surface area (Å²) < 4.78 is 15.3. The maximum atomic E-state index is 15.0. The predicted octanol–water partition coefficient (Wildman–Crippen LogP) is 9.08. The first-order valence-corrected chi connectivity index (χ1v) is 17.4. The number of H-pyrrole nitrogens is 1. The quantitative estimate of drug-likeness (QED) is 0.126. The number of halogens is 2. The standard InChI is InChI=1S/C39H39Cl2N5O4/c1-20-16-25(17-21(2)34(20)41)50-15-9-11-26-28-13-14-30(40)33(32-23(4)42-43-24(32)5)36(28)46-22(3)18-45(38(47)37(26)46)31-12-8-10-27-29(39(48)49-7)19-44(6)35(27)31/h8,10,12-14,16-17,19,22H,9,11,15,18H2,1-7H3,(H,42,43)/t22-/m1/s1. The molecular formula is C39H39Cl2N5O4. The Hall–Kier alpha value is -4.73. The van der Waals surface area contributed by atoms with E-state index in [1.807, 2.05) is 86.7 Å². The van der Waals surface area contributed by atoms with Gasteiger partial charge in [0.05, 0.1) is 46.7 Å². The van der Waals surface area contributed by atoms with E-state index in [9.17, 15) is 9.59 Å². The van der Waals surface area contributed by atoms with Gasteiger partial charge in [0.1, 0.15) is 11.4 Å². The summed E-state index contributed by atoms with van der Waals surface area (Å²) in [6.07, 6.45) is 3.03. The summed E-state index contributed by atoms with van der Waals surface area (Å²) in [5.41, 5.74) is 9.95. The third kappa shape index (κ3) is 5.34. The molecule has 3 aromatic heterocycles. The molecule has 3 aromatic carbocycles. The molecule has 0 saturated carbocycles. The Morgan fingerprint density at radius 2 is 1.76 bits per heavy atom. The van der Waals surface area contributed by atoms with E-state index in [1.165, 1.54) is 7.11 Å². The van der Waals surface area contributed by atoms with E-state index in [-0.39, 0.29) is 11.9 Å². The summed E-state index contributed by atoms with van der Waals surface area (Å²) in [5.74, 6) is 0.232. The summed E-state index contributed by atoms with van der Waals surface area (Å²) in [6, 6.07) is 13.5. The highest BCUT2D eigenvalue weighted by atomic mass is 35.5. The number of aromatic nitrogens is 4. The van der Waals surface area contributed by atoms with E-state index >= 15 is 0 Å². The van der Waals surface area contributed by atoms with E-state index in [0.717, 1.165) is 77.5 Å². The molecule has 0 radical (unpaired) electrons. The van der Waals surface area contributed by atoms with Gasteiger partial charge >= 0.3 is 5.97 Å². The van der Waals surface area contributed by atoms with Crippen LogP contribution in [0, 0.1) is 27.7 Å². The molecule has 50 heavy (non-hydrogen) atoms. The fourth-order valence-electron chi connectivity index (χ4n) is 7.66. The molecule has 0 saturated heterocycles. The average molecular weight is 713 g/mol. The Bertz CT molecular complexity index is 2310. The van der Waals surface area contributed by atoms with Crippen LogP contribution in [0.15, 0.2) is 48.7 Å². The Balaban J connectivity index is 1.37. The van der Waals surface area contributed by atoms with Crippen LogP contribution in [-0.2, 0) is 18.2 Å². The lowest BCUT2D eigenvalue weighted by Gasteiger charge is -2.35. The van der Waals surface area contributed by atoms with Gasteiger partial charge in [0.25, 0.3) is 5.91 Å². The molecule has 1 atom stereocenters. The van der Waals surface area contributed by atoms with Crippen LogP contribution in [0.1, 0.15) is 68.3 Å². The van der Waals surface area contributed by atoms with Crippen LogP contribution in [0.4, 0.5) is 5.69 Å². The Kier molecular flexibility index (Phi) is 8.68. The van der Waals surface area contributed by atoms with Gasteiger partial charge in [-0.3, -0.25) is 9.89 Å². The van der Waals surface area contributed by atoms with Crippen LogP contribution in [-0.4, -0.2) is 51.5 Å². The molecule has 9 nitrogen and oxygen atoms in total. The number of nitrogens with zero attached hydrogens (tertiary/aromatic N) is 4. The SMILES string of the molecule is COC(=O)c1cn(C)c2c(N3C[C@@H](C)n4c(c(CCCOc5cc(C)c(Cl)c(C)c5)c5ccc(Cl)c(-c6c(C)n[nH]c6C)c54)C3=O)cccc12. The number of carbonyl (C=O) groups excluding carboxylic acids is 2. The van der Waals surface area contributed by atoms with E-state index in [0.29, 0.717) is 42.3 Å². The number of esters is 1. The average Bonchev–Trinajstić information content (AvgIpc) is 3.73. The zero-order chi connectivity index (χ0) is 35.6. The van der Waals surface area contributed by atoms with Gasteiger partial charge in [-0.2, -0.15) is 5.10 Å². The van der Waals surface area contributed by atoms with Crippen LogP contribution < -0.4 is 9.64 Å². The van der Waals surface area contributed by atoms with Crippen molar-refractivity contribution in [1.29, 1.82) is 0 Å². The van der Waals surface area contributed by atoms with Gasteiger partial charge in [-0.05, 0) is 88.4 Å². The van der Waals surface area contributed by atoms with Crippen LogP contribution in [0.3, 0.4) is 0 Å². The second kappa shape index (κ2) is 12.9. The molecule has 7 rings (SSSR count). The first-order valence-electron chi connectivity index (χ1n) is 16.7. The summed E-state index contributed by atoms with van der Waals surface area (Å²) in [6.45, 7) is 10.9. The molecule has 0 spiro atoms. The number of benzene rings is 3. The molecule has 4 heterocycles. The highest BCUT2D eigenvalue weighted by molar-refractivity contribution is 6.35. The van der Waals surface area contributed by atoms with Gasteiger partial charge in [0, 0.05) is 58.4 Å². The van der Waals surface area contributed by atoms with Crippen molar-refractivity contribution in [1.82, 2.24) is 19.3 Å². The molecule has 1 N–H and O–H groups in total. The van der Waals surface area contributed by atoms with Crippen LogP contribution in [0.2, 0.25) is 10.0 Å². The molecule has 0 aliphatic carbocycles. The molecule has 1 aliphatic heterocycles. The molecule has 0 fully saturated rings. The molecule has 0 unspecified atom stereocenters. The topological polar surface area (TPSA) is 94.4 Å². The number of methoxy groups -OCH3 is 1. The van der Waals surface area contributed by atoms with Gasteiger partial charge in [-0.1, -0.05) is 41.4 Å². The van der Waals surface area contributed by atoms with Crippen molar-refractivity contribution in [3.05, 3.63) is 98.0 Å². The summed E-state index contributed by atoms with van der Waals surface area (Å²) in [5, 5.41) is 10.6. The van der Waals surface area contributed by atoms with E-state index in [1.54, 1.807) is 6.20 Å². The van der Waals surface area contributed by atoms with Crippen LogP contribution in [0.25, 0.3) is 32.9 Å². The van der Waals surface area contributed by atoms with Crippen molar-refractivity contribution in [3.63, 3.8) is 0 Å². The molecule has 258 valence electrons. The Labute approximate surface area is 300 Å². The molecule has 1 amide bonds. The van der Waals surface area contributed by atoms with Crippen molar-refractivity contribution in [3.8, 4) is 16.9 Å². The second-order valence-corrected chi connectivity index (χ2v) is 14.0. The Morgan fingerprint density at radius 3 is 2.44 bits per heavy atom. The number of amides is 1. The number of rotatable bonds is 8. The monoisotopic (exact) mass is 711 g/mol. The number of carbonyl (C=O) groups is 2. The maximum Gasteiger partial charge on any atom is 0.340 e. The van der Waals surface area contributed by atoms with E-state index < -0.39 is 5.97 Å². The number of aryl methyl sites for hydroxylation is 6. The zero-order valence-electron chi connectivity index (χ0n) is 29.2. The minimum absolute atomic E-state index is 0.115. The number of hydrogen-bond acceptors (Lipinski definition) is 5. The lowest BCUT2D eigenvalue weighted by Crippen LogP contribution is -2.43. The van der Waals surface area contributed by atoms with Crippen molar-refractivity contribution >= 4 is 62.6 Å². The van der Waals surface area contributed by atoms with Gasteiger partial charge in [0.2, 0.25) is 0 Å². The van der Waals surface area contributed by atoms with Gasteiger partial charge in [-0.15, -0.1) is 0 Å². The van der Waals surface area contributed by atoms with Crippen molar-refractivity contribution in [2.24, 2.45) is 7.05 Å². The Morgan fingerprint density at radius 1 is 1.02 bits per heavy atom. The van der Waals surface area contributed by atoms with Gasteiger partial charge in [-0.25, -0.2) is 4.79 Å². The number of aromatic amines is 1. The summed E-state index contributed by atoms with van der Waals surface area (Å²) in [7, 11) is 3.25. The smallest absolute Gasteiger partial charge is 0.340 e. The minimum Gasteiger partial charge on any atom is -0.494 e. The summed E-state index contributed by atoms with van der Waals surface area (Å²) in [4.78, 5) is 29.5. The first-order chi connectivity index (χ1) is 23.9. The lowest BCUT2D eigenvalue weighted by molar-refractivity contribution is 0.0602. The van der Waals surface area contributed by atoms with Crippen molar-refractivity contribution in [2.75, 3.05) is 25.2 Å². The number of nitrogens with one attached hydrogen (secondary N) is 1. The number of anilines is 1. The number of hydrogen-bond donors (Lipinski definition) is 1.